The highest BCUT2D eigenvalue weighted by Crippen LogP contribution is 2.18. The number of ether oxygens (including phenoxy) is 1. The molecule has 0 radical (unpaired) electrons. The zero-order chi connectivity index (χ0) is 17.5. The molecule has 0 unspecified atom stereocenters. The molecule has 0 aliphatic rings. The molecule has 0 spiro atoms. The summed E-state index contributed by atoms with van der Waals surface area (Å²) in [7, 11) is 0. The largest absolute Gasteiger partial charge is 0.488 e. The Kier molecular flexibility index (Phi) is 5.64. The maximum absolute atomic E-state index is 11.8. The highest BCUT2D eigenvalue weighted by atomic mass is 79.9. The van der Waals surface area contributed by atoms with Crippen molar-refractivity contribution < 1.29 is 13.9 Å². The first kappa shape index (κ1) is 17.0. The molecule has 5 nitrogen and oxygen atoms in total. The summed E-state index contributed by atoms with van der Waals surface area (Å²) in [5.74, 6) is 0.479. The van der Waals surface area contributed by atoms with E-state index in [2.05, 4.69) is 26.5 Å². The summed E-state index contributed by atoms with van der Waals surface area (Å²) >= 11 is 3.41. The van der Waals surface area contributed by atoms with Crippen LogP contribution in [0.2, 0.25) is 0 Å². The summed E-state index contributed by atoms with van der Waals surface area (Å²) < 4.78 is 11.9. The molecule has 3 rings (SSSR count). The maximum Gasteiger partial charge on any atom is 0.307 e. The van der Waals surface area contributed by atoms with Crippen LogP contribution in [0.5, 0.6) is 5.75 Å². The predicted octanol–water partition coefficient (Wildman–Crippen LogP) is 4.39. The van der Waals surface area contributed by atoms with E-state index in [0.29, 0.717) is 12.4 Å². The number of hydrogen-bond donors (Lipinski definition) is 1. The van der Waals surface area contributed by atoms with Gasteiger partial charge in [-0.15, -0.1) is 0 Å². The second kappa shape index (κ2) is 8.30. The quantitative estimate of drug-likeness (QED) is 0.494. The molecule has 0 bridgehead atoms. The summed E-state index contributed by atoms with van der Waals surface area (Å²) in [4.78, 5) is 11.8. The average molecular weight is 399 g/mol. The smallest absolute Gasteiger partial charge is 0.307 e. The van der Waals surface area contributed by atoms with E-state index in [-0.39, 0.29) is 5.76 Å². The van der Waals surface area contributed by atoms with Gasteiger partial charge in [0.15, 0.2) is 5.76 Å². The van der Waals surface area contributed by atoms with Crippen molar-refractivity contribution in [3.8, 4) is 5.75 Å². The number of furan rings is 1. The van der Waals surface area contributed by atoms with Gasteiger partial charge in [-0.2, -0.15) is 5.10 Å². The highest BCUT2D eigenvalue weighted by molar-refractivity contribution is 9.10. The van der Waals surface area contributed by atoms with Crippen LogP contribution in [-0.2, 0) is 6.61 Å². The molecule has 0 fully saturated rings. The zero-order valence-electron chi connectivity index (χ0n) is 13.2. The number of nitrogens with zero attached hydrogens (tertiary/aromatic N) is 1. The molecule has 0 aliphatic heterocycles. The number of nitrogens with one attached hydrogen (secondary N) is 1. The van der Waals surface area contributed by atoms with E-state index in [1.54, 1.807) is 12.1 Å². The molecule has 0 aliphatic carbocycles. The molecular formula is C19H15BrN2O3. The number of rotatable bonds is 6. The van der Waals surface area contributed by atoms with Crippen LogP contribution >= 0.6 is 15.9 Å². The topological polar surface area (TPSA) is 63.8 Å². The summed E-state index contributed by atoms with van der Waals surface area (Å²) in [6.45, 7) is 0.441. The van der Waals surface area contributed by atoms with E-state index in [0.717, 1.165) is 15.6 Å². The second-order valence-corrected chi connectivity index (χ2v) is 6.05. The van der Waals surface area contributed by atoms with E-state index in [4.69, 9.17) is 9.15 Å². The molecular weight excluding hydrogens is 384 g/mol. The fraction of sp³-hybridized carbons (Fsp3) is 0.0526. The minimum atomic E-state index is -0.408. The standard InChI is InChI=1S/C19H15BrN2O3/c20-16-9-7-14(8-10-16)13-25-17-5-2-1-4-15(17)12-21-22-19(23)18-6-3-11-24-18/h1-12H,13H2,(H,22,23)/b21-12-. The van der Waals surface area contributed by atoms with Gasteiger partial charge in [0.2, 0.25) is 0 Å². The molecule has 0 atom stereocenters. The van der Waals surface area contributed by atoms with Crippen molar-refractivity contribution in [2.24, 2.45) is 5.10 Å². The van der Waals surface area contributed by atoms with E-state index in [1.807, 2.05) is 48.5 Å². The van der Waals surface area contributed by atoms with Crippen molar-refractivity contribution in [3.05, 3.63) is 88.3 Å². The van der Waals surface area contributed by atoms with Crippen LogP contribution < -0.4 is 10.2 Å². The van der Waals surface area contributed by atoms with Gasteiger partial charge in [-0.3, -0.25) is 4.79 Å². The van der Waals surface area contributed by atoms with Crippen molar-refractivity contribution >= 4 is 28.1 Å². The van der Waals surface area contributed by atoms with Crippen molar-refractivity contribution in [2.45, 2.75) is 6.61 Å². The van der Waals surface area contributed by atoms with Crippen LogP contribution in [0.15, 0.2) is 80.9 Å². The Hall–Kier alpha value is -2.86. The van der Waals surface area contributed by atoms with Crippen molar-refractivity contribution in [1.29, 1.82) is 0 Å². The van der Waals surface area contributed by atoms with Crippen molar-refractivity contribution in [1.82, 2.24) is 5.43 Å². The van der Waals surface area contributed by atoms with Gasteiger partial charge < -0.3 is 9.15 Å². The van der Waals surface area contributed by atoms with E-state index in [1.165, 1.54) is 12.5 Å². The molecule has 6 heteroatoms. The number of amides is 1. The first-order valence-electron chi connectivity index (χ1n) is 7.55. The van der Waals surface area contributed by atoms with Gasteiger partial charge in [-0.25, -0.2) is 5.43 Å². The van der Waals surface area contributed by atoms with Gasteiger partial charge in [0.25, 0.3) is 0 Å². The minimum absolute atomic E-state index is 0.205. The number of para-hydroxylation sites is 1. The Bertz CT molecular complexity index is 859. The summed E-state index contributed by atoms with van der Waals surface area (Å²) in [5, 5.41) is 3.95. The molecule has 3 aromatic rings. The molecule has 0 saturated carbocycles. The van der Waals surface area contributed by atoms with Gasteiger partial charge in [-0.1, -0.05) is 40.2 Å². The Labute approximate surface area is 153 Å². The third-order valence-electron chi connectivity index (χ3n) is 3.34. The third kappa shape index (κ3) is 4.81. The Balaban J connectivity index is 1.63. The summed E-state index contributed by atoms with van der Waals surface area (Å²) in [6.07, 6.45) is 2.97. The molecule has 1 N–H and O–H groups in total. The van der Waals surface area contributed by atoms with Crippen molar-refractivity contribution in [3.63, 3.8) is 0 Å². The van der Waals surface area contributed by atoms with Gasteiger partial charge >= 0.3 is 5.91 Å². The van der Waals surface area contributed by atoms with Crippen LogP contribution in [0.1, 0.15) is 21.7 Å². The van der Waals surface area contributed by atoms with Gasteiger partial charge in [0.05, 0.1) is 12.5 Å². The fourth-order valence-corrected chi connectivity index (χ4v) is 2.35. The van der Waals surface area contributed by atoms with Crippen molar-refractivity contribution in [2.75, 3.05) is 0 Å². The maximum atomic E-state index is 11.8. The Morgan fingerprint density at radius 2 is 1.92 bits per heavy atom. The number of hydrazone groups is 1. The monoisotopic (exact) mass is 398 g/mol. The lowest BCUT2D eigenvalue weighted by Gasteiger charge is -2.09. The molecule has 126 valence electrons. The number of halogens is 1. The molecule has 1 aromatic heterocycles. The lowest BCUT2D eigenvalue weighted by atomic mass is 10.2. The third-order valence-corrected chi connectivity index (χ3v) is 3.87. The molecule has 0 saturated heterocycles. The van der Waals surface area contributed by atoms with Gasteiger partial charge in [0, 0.05) is 10.0 Å². The number of carbonyl (C=O) groups is 1. The Morgan fingerprint density at radius 3 is 2.68 bits per heavy atom. The predicted molar refractivity (Wildman–Crippen MR) is 98.7 cm³/mol. The molecule has 1 heterocycles. The van der Waals surface area contributed by atoms with E-state index < -0.39 is 5.91 Å². The number of benzene rings is 2. The van der Waals surface area contributed by atoms with Crippen LogP contribution in [0.3, 0.4) is 0 Å². The van der Waals surface area contributed by atoms with E-state index >= 15 is 0 Å². The first-order chi connectivity index (χ1) is 12.2. The van der Waals surface area contributed by atoms with Crippen LogP contribution in [-0.4, -0.2) is 12.1 Å². The first-order valence-corrected chi connectivity index (χ1v) is 8.35. The summed E-state index contributed by atoms with van der Waals surface area (Å²) in [5.41, 5.74) is 4.24. The highest BCUT2D eigenvalue weighted by Gasteiger charge is 2.06. The van der Waals surface area contributed by atoms with Crippen LogP contribution in [0, 0.1) is 0 Å². The SMILES string of the molecule is O=C(N/N=C\c1ccccc1OCc1ccc(Br)cc1)c1ccco1. The molecule has 1 amide bonds. The Morgan fingerprint density at radius 1 is 1.12 bits per heavy atom. The minimum Gasteiger partial charge on any atom is -0.488 e. The summed E-state index contributed by atoms with van der Waals surface area (Å²) in [6, 6.07) is 18.6. The normalized spacial score (nSPS) is 10.8. The molecule has 2 aromatic carbocycles. The fourth-order valence-electron chi connectivity index (χ4n) is 2.08. The average Bonchev–Trinajstić information content (AvgIpc) is 3.17. The van der Waals surface area contributed by atoms with Gasteiger partial charge in [0.1, 0.15) is 12.4 Å². The number of hydrogen-bond acceptors (Lipinski definition) is 4. The van der Waals surface area contributed by atoms with Gasteiger partial charge in [-0.05, 0) is 42.0 Å². The lowest BCUT2D eigenvalue weighted by molar-refractivity contribution is 0.0927. The second-order valence-electron chi connectivity index (χ2n) is 5.13. The molecule has 25 heavy (non-hydrogen) atoms. The van der Waals surface area contributed by atoms with Crippen LogP contribution in [0.25, 0.3) is 0 Å². The number of carbonyl (C=O) groups excluding carboxylic acids is 1. The lowest BCUT2D eigenvalue weighted by Crippen LogP contribution is -2.16. The zero-order valence-corrected chi connectivity index (χ0v) is 14.8. The van der Waals surface area contributed by atoms with Crippen LogP contribution in [0.4, 0.5) is 0 Å². The van der Waals surface area contributed by atoms with E-state index in [9.17, 15) is 4.79 Å².